The Kier molecular flexibility index (Phi) is 7.96. The maximum absolute atomic E-state index is 6.19. The van der Waals surface area contributed by atoms with Crippen LogP contribution in [0.1, 0.15) is 64.4 Å². The second-order valence-electron chi connectivity index (χ2n) is 6.56. The van der Waals surface area contributed by atoms with Crippen molar-refractivity contribution < 1.29 is 4.74 Å². The van der Waals surface area contributed by atoms with E-state index in [4.69, 9.17) is 4.74 Å². The molecule has 0 saturated heterocycles. The Labute approximate surface area is 136 Å². The van der Waals surface area contributed by atoms with E-state index in [1.165, 1.54) is 44.1 Å². The van der Waals surface area contributed by atoms with Crippen LogP contribution in [0.3, 0.4) is 0 Å². The fraction of sp³-hybridized carbons (Fsp3) is 0.700. The molecule has 2 nitrogen and oxygen atoms in total. The van der Waals surface area contributed by atoms with Gasteiger partial charge in [0.05, 0.1) is 12.7 Å². The summed E-state index contributed by atoms with van der Waals surface area (Å²) in [4.78, 5) is 2.67. The zero-order valence-corrected chi connectivity index (χ0v) is 14.5. The van der Waals surface area contributed by atoms with Crippen LogP contribution in [0, 0.1) is 0 Å². The smallest absolute Gasteiger partial charge is 0.0721 e. The number of rotatable bonds is 8. The van der Waals surface area contributed by atoms with Crippen LogP contribution < -0.4 is 0 Å². The molecule has 0 heterocycles. The minimum absolute atomic E-state index is 0.350. The van der Waals surface area contributed by atoms with Gasteiger partial charge in [0.2, 0.25) is 0 Å². The maximum atomic E-state index is 6.19. The van der Waals surface area contributed by atoms with Gasteiger partial charge in [0.25, 0.3) is 0 Å². The fourth-order valence-electron chi connectivity index (χ4n) is 3.51. The Morgan fingerprint density at radius 1 is 1.05 bits per heavy atom. The molecule has 0 aromatic heterocycles. The van der Waals surface area contributed by atoms with Crippen LogP contribution in [-0.4, -0.2) is 30.1 Å². The highest BCUT2D eigenvalue weighted by atomic mass is 16.5. The van der Waals surface area contributed by atoms with E-state index < -0.39 is 0 Å². The van der Waals surface area contributed by atoms with E-state index in [0.717, 1.165) is 32.2 Å². The predicted octanol–water partition coefficient (Wildman–Crippen LogP) is 5.03. The highest BCUT2D eigenvalue weighted by Crippen LogP contribution is 2.22. The van der Waals surface area contributed by atoms with Gasteiger partial charge in [-0.25, -0.2) is 0 Å². The molecule has 1 aliphatic carbocycles. The number of hydrogen-bond acceptors (Lipinski definition) is 2. The third-order valence-corrected chi connectivity index (χ3v) is 4.97. The molecule has 2 heteroatoms. The van der Waals surface area contributed by atoms with E-state index in [1.54, 1.807) is 0 Å². The molecule has 1 aliphatic rings. The zero-order chi connectivity index (χ0) is 15.6. The topological polar surface area (TPSA) is 12.5 Å². The molecule has 22 heavy (non-hydrogen) atoms. The second kappa shape index (κ2) is 10.0. The van der Waals surface area contributed by atoms with Crippen LogP contribution in [0.25, 0.3) is 0 Å². The molecular formula is C20H33NO. The quantitative estimate of drug-likeness (QED) is 0.625. The van der Waals surface area contributed by atoms with E-state index in [-0.39, 0.29) is 0 Å². The SMILES string of the molecule is CCC(CN(CC)C1CCCCCC1)OCc1ccccc1. The first kappa shape index (κ1) is 17.5. The fourth-order valence-corrected chi connectivity index (χ4v) is 3.51. The lowest BCUT2D eigenvalue weighted by Gasteiger charge is -2.33. The zero-order valence-electron chi connectivity index (χ0n) is 14.5. The molecule has 2 rings (SSSR count). The van der Waals surface area contributed by atoms with E-state index in [1.807, 2.05) is 0 Å². The summed E-state index contributed by atoms with van der Waals surface area (Å²) in [7, 11) is 0. The van der Waals surface area contributed by atoms with E-state index in [0.29, 0.717) is 6.10 Å². The first-order valence-electron chi connectivity index (χ1n) is 9.23. The molecule has 0 amide bonds. The molecule has 0 N–H and O–H groups in total. The van der Waals surface area contributed by atoms with Crippen LogP contribution in [0.15, 0.2) is 30.3 Å². The van der Waals surface area contributed by atoms with Gasteiger partial charge in [0.1, 0.15) is 0 Å². The van der Waals surface area contributed by atoms with E-state index in [2.05, 4.69) is 49.1 Å². The number of ether oxygens (including phenoxy) is 1. The van der Waals surface area contributed by atoms with Crippen LogP contribution in [0.2, 0.25) is 0 Å². The summed E-state index contributed by atoms with van der Waals surface area (Å²) in [6.45, 7) is 7.52. The monoisotopic (exact) mass is 303 g/mol. The van der Waals surface area contributed by atoms with Gasteiger partial charge in [0.15, 0.2) is 0 Å². The van der Waals surface area contributed by atoms with Gasteiger partial charge in [-0.3, -0.25) is 4.90 Å². The average molecular weight is 303 g/mol. The van der Waals surface area contributed by atoms with Gasteiger partial charge in [-0.1, -0.05) is 69.9 Å². The maximum Gasteiger partial charge on any atom is 0.0721 e. The summed E-state index contributed by atoms with van der Waals surface area (Å²) >= 11 is 0. The van der Waals surface area contributed by atoms with E-state index in [9.17, 15) is 0 Å². The summed E-state index contributed by atoms with van der Waals surface area (Å²) < 4.78 is 6.19. The van der Waals surface area contributed by atoms with Gasteiger partial charge in [-0.15, -0.1) is 0 Å². The van der Waals surface area contributed by atoms with Crippen molar-refractivity contribution in [1.82, 2.24) is 4.90 Å². The molecule has 1 fully saturated rings. The van der Waals surface area contributed by atoms with Gasteiger partial charge in [0, 0.05) is 12.6 Å². The first-order valence-corrected chi connectivity index (χ1v) is 9.23. The van der Waals surface area contributed by atoms with Gasteiger partial charge < -0.3 is 4.74 Å². The molecule has 1 saturated carbocycles. The summed E-state index contributed by atoms with van der Waals surface area (Å²) in [5.74, 6) is 0. The lowest BCUT2D eigenvalue weighted by molar-refractivity contribution is 0.00309. The Balaban J connectivity index is 1.83. The van der Waals surface area contributed by atoms with Gasteiger partial charge >= 0.3 is 0 Å². The van der Waals surface area contributed by atoms with Crippen LogP contribution in [-0.2, 0) is 11.3 Å². The van der Waals surface area contributed by atoms with Gasteiger partial charge in [-0.2, -0.15) is 0 Å². The average Bonchev–Trinajstić information content (AvgIpc) is 2.85. The summed E-state index contributed by atoms with van der Waals surface area (Å²) in [6, 6.07) is 11.3. The molecule has 1 unspecified atom stereocenters. The number of likely N-dealkylation sites (N-methyl/N-ethyl adjacent to an activating group) is 1. The van der Waals surface area contributed by atoms with Crippen LogP contribution in [0.4, 0.5) is 0 Å². The van der Waals surface area contributed by atoms with Crippen molar-refractivity contribution in [2.75, 3.05) is 13.1 Å². The summed E-state index contributed by atoms with van der Waals surface area (Å²) in [6.07, 6.45) is 9.86. The molecule has 0 aliphatic heterocycles. The lowest BCUT2D eigenvalue weighted by atomic mass is 10.1. The molecule has 1 aromatic rings. The Morgan fingerprint density at radius 3 is 2.32 bits per heavy atom. The van der Waals surface area contributed by atoms with Crippen molar-refractivity contribution in [3.05, 3.63) is 35.9 Å². The number of hydrogen-bond donors (Lipinski definition) is 0. The Bertz CT molecular complexity index is 384. The van der Waals surface area contributed by atoms with Crippen molar-refractivity contribution in [1.29, 1.82) is 0 Å². The highest BCUT2D eigenvalue weighted by molar-refractivity contribution is 5.13. The summed E-state index contributed by atoms with van der Waals surface area (Å²) in [5.41, 5.74) is 1.28. The second-order valence-corrected chi connectivity index (χ2v) is 6.56. The third kappa shape index (κ3) is 5.73. The Hall–Kier alpha value is -0.860. The van der Waals surface area contributed by atoms with Crippen molar-refractivity contribution in [3.8, 4) is 0 Å². The minimum atomic E-state index is 0.350. The third-order valence-electron chi connectivity index (χ3n) is 4.97. The minimum Gasteiger partial charge on any atom is -0.372 e. The van der Waals surface area contributed by atoms with E-state index >= 15 is 0 Å². The normalized spacial score (nSPS) is 18.3. The van der Waals surface area contributed by atoms with Gasteiger partial charge in [-0.05, 0) is 31.4 Å². The van der Waals surface area contributed by atoms with Crippen molar-refractivity contribution >= 4 is 0 Å². The molecular weight excluding hydrogens is 270 g/mol. The molecule has 0 bridgehead atoms. The molecule has 124 valence electrons. The standard InChI is InChI=1S/C20H33NO/c1-3-20(22-17-18-12-8-7-9-13-18)16-21(4-2)19-14-10-5-6-11-15-19/h7-9,12-13,19-20H,3-6,10-11,14-17H2,1-2H3. The van der Waals surface area contributed by atoms with Crippen LogP contribution in [0.5, 0.6) is 0 Å². The summed E-state index contributed by atoms with van der Waals surface area (Å²) in [5, 5.41) is 0. The first-order chi connectivity index (χ1) is 10.8. The molecule has 1 aromatic carbocycles. The number of benzene rings is 1. The Morgan fingerprint density at radius 2 is 1.73 bits per heavy atom. The molecule has 0 radical (unpaired) electrons. The lowest BCUT2D eigenvalue weighted by Crippen LogP contribution is -2.41. The predicted molar refractivity (Wildman–Crippen MR) is 94.0 cm³/mol. The highest BCUT2D eigenvalue weighted by Gasteiger charge is 2.21. The van der Waals surface area contributed by atoms with Crippen molar-refractivity contribution in [2.24, 2.45) is 0 Å². The molecule has 0 spiro atoms. The van der Waals surface area contributed by atoms with Crippen LogP contribution >= 0.6 is 0 Å². The molecule has 1 atom stereocenters. The largest absolute Gasteiger partial charge is 0.372 e. The van der Waals surface area contributed by atoms with Crippen molar-refractivity contribution in [2.45, 2.75) is 77.5 Å². The van der Waals surface area contributed by atoms with Crippen molar-refractivity contribution in [3.63, 3.8) is 0 Å². The number of nitrogens with zero attached hydrogens (tertiary/aromatic N) is 1.